The van der Waals surface area contributed by atoms with Crippen LogP contribution in [0.15, 0.2) is 60.7 Å². The molecule has 1 aliphatic carbocycles. The number of amides is 1. The van der Waals surface area contributed by atoms with Gasteiger partial charge in [0.25, 0.3) is 5.91 Å². The van der Waals surface area contributed by atoms with E-state index in [1.54, 1.807) is 0 Å². The molecule has 32 heavy (non-hydrogen) atoms. The molecule has 0 spiro atoms. The molecular formula is C27H32N4O. The van der Waals surface area contributed by atoms with Gasteiger partial charge in [-0.15, -0.1) is 0 Å². The van der Waals surface area contributed by atoms with E-state index in [4.69, 9.17) is 0 Å². The number of nitrogens with one attached hydrogen (secondary N) is 2. The number of hydrogen-bond donors (Lipinski definition) is 2. The van der Waals surface area contributed by atoms with Crippen LogP contribution in [0, 0.1) is 0 Å². The number of aromatic nitrogens is 1. The smallest absolute Gasteiger partial charge is 0.253 e. The molecule has 5 rings (SSSR count). The lowest BCUT2D eigenvalue weighted by molar-refractivity contribution is 0.0942. The highest BCUT2D eigenvalue weighted by Gasteiger charge is 2.23. The summed E-state index contributed by atoms with van der Waals surface area (Å²) in [7, 11) is 2.16. The number of H-pyrrole nitrogens is 1. The fourth-order valence-electron chi connectivity index (χ4n) is 4.47. The zero-order valence-electron chi connectivity index (χ0n) is 18.8. The molecule has 1 aromatic heterocycles. The highest BCUT2D eigenvalue weighted by molar-refractivity contribution is 6.01. The second-order valence-corrected chi connectivity index (χ2v) is 9.13. The van der Waals surface area contributed by atoms with Crippen molar-refractivity contribution in [1.82, 2.24) is 20.1 Å². The number of hydrogen-bond acceptors (Lipinski definition) is 3. The molecule has 3 aromatic rings. The van der Waals surface area contributed by atoms with Crippen molar-refractivity contribution in [3.63, 3.8) is 0 Å². The molecule has 1 amide bonds. The third-order valence-electron chi connectivity index (χ3n) is 6.70. The van der Waals surface area contributed by atoms with Crippen molar-refractivity contribution >= 4 is 5.91 Å². The van der Waals surface area contributed by atoms with Crippen molar-refractivity contribution in [3.05, 3.63) is 71.8 Å². The van der Waals surface area contributed by atoms with E-state index in [0.29, 0.717) is 12.1 Å². The maximum absolute atomic E-state index is 13.2. The van der Waals surface area contributed by atoms with E-state index < -0.39 is 0 Å². The van der Waals surface area contributed by atoms with Crippen LogP contribution in [-0.4, -0.2) is 67.0 Å². The van der Waals surface area contributed by atoms with Crippen LogP contribution >= 0.6 is 0 Å². The van der Waals surface area contributed by atoms with Gasteiger partial charge in [-0.2, -0.15) is 0 Å². The molecular weight excluding hydrogens is 396 g/mol. The minimum atomic E-state index is -0.0184. The Morgan fingerprint density at radius 2 is 1.69 bits per heavy atom. The molecule has 0 atom stereocenters. The largest absolute Gasteiger partial charge is 0.354 e. The SMILES string of the molecule is CN1CCN(CCNC(=O)c2cc(-c3ccc(C4CC4)cc3)[nH]c2-c2ccccc2)CC1. The molecule has 2 N–H and O–H groups in total. The number of likely N-dealkylation sites (N-methyl/N-ethyl adjacent to an activating group) is 1. The first-order valence-corrected chi connectivity index (χ1v) is 11.8. The van der Waals surface area contributed by atoms with Crippen molar-refractivity contribution in [1.29, 1.82) is 0 Å². The third-order valence-corrected chi connectivity index (χ3v) is 6.70. The highest BCUT2D eigenvalue weighted by Crippen LogP contribution is 2.40. The van der Waals surface area contributed by atoms with Gasteiger partial charge in [-0.05, 0) is 48.6 Å². The van der Waals surface area contributed by atoms with E-state index in [1.165, 1.54) is 18.4 Å². The maximum Gasteiger partial charge on any atom is 0.253 e. The van der Waals surface area contributed by atoms with Crippen LogP contribution in [-0.2, 0) is 0 Å². The quantitative estimate of drug-likeness (QED) is 0.593. The summed E-state index contributed by atoms with van der Waals surface area (Å²) >= 11 is 0. The first kappa shape index (κ1) is 21.0. The van der Waals surface area contributed by atoms with Gasteiger partial charge in [0, 0.05) is 45.0 Å². The predicted octanol–water partition coefficient (Wildman–Crippen LogP) is 4.20. The van der Waals surface area contributed by atoms with Crippen molar-refractivity contribution in [2.24, 2.45) is 0 Å². The standard InChI is InChI=1S/C27H32N4O/c1-30-15-17-31(18-16-30)14-13-28-27(32)24-19-25(29-26(24)23-5-3-2-4-6-23)22-11-9-21(10-12-22)20-7-8-20/h2-6,9-12,19-20,29H,7-8,13-18H2,1H3,(H,28,32). The molecule has 166 valence electrons. The molecule has 0 radical (unpaired) electrons. The Labute approximate surface area is 190 Å². The summed E-state index contributed by atoms with van der Waals surface area (Å²) in [5.41, 5.74) is 6.13. The molecule has 2 aromatic carbocycles. The summed E-state index contributed by atoms with van der Waals surface area (Å²) in [6.07, 6.45) is 2.61. The lowest BCUT2D eigenvalue weighted by Gasteiger charge is -2.32. The molecule has 1 saturated heterocycles. The topological polar surface area (TPSA) is 51.4 Å². The van der Waals surface area contributed by atoms with E-state index >= 15 is 0 Å². The Hall–Kier alpha value is -2.89. The fourth-order valence-corrected chi connectivity index (χ4v) is 4.47. The van der Waals surface area contributed by atoms with Crippen molar-refractivity contribution < 1.29 is 4.79 Å². The molecule has 2 heterocycles. The van der Waals surface area contributed by atoms with Gasteiger partial charge in [0.2, 0.25) is 0 Å². The number of rotatable bonds is 7. The van der Waals surface area contributed by atoms with Gasteiger partial charge < -0.3 is 15.2 Å². The van der Waals surface area contributed by atoms with E-state index in [0.717, 1.165) is 61.2 Å². The predicted molar refractivity (Wildman–Crippen MR) is 130 cm³/mol. The van der Waals surface area contributed by atoms with Gasteiger partial charge in [-0.25, -0.2) is 0 Å². The van der Waals surface area contributed by atoms with E-state index in [9.17, 15) is 4.79 Å². The minimum absolute atomic E-state index is 0.0184. The molecule has 1 saturated carbocycles. The summed E-state index contributed by atoms with van der Waals surface area (Å²) in [5.74, 6) is 0.726. The minimum Gasteiger partial charge on any atom is -0.354 e. The average Bonchev–Trinajstić information content (AvgIpc) is 3.59. The number of carbonyl (C=O) groups is 1. The van der Waals surface area contributed by atoms with Gasteiger partial charge in [-0.1, -0.05) is 54.6 Å². The van der Waals surface area contributed by atoms with Crippen LogP contribution in [0.3, 0.4) is 0 Å². The van der Waals surface area contributed by atoms with Crippen LogP contribution in [0.5, 0.6) is 0 Å². The third kappa shape index (κ3) is 4.79. The summed E-state index contributed by atoms with van der Waals surface area (Å²) in [5, 5.41) is 3.15. The first-order chi connectivity index (χ1) is 15.7. The first-order valence-electron chi connectivity index (χ1n) is 11.8. The lowest BCUT2D eigenvalue weighted by atomic mass is 10.1. The van der Waals surface area contributed by atoms with E-state index in [1.807, 2.05) is 36.4 Å². The Morgan fingerprint density at radius 1 is 0.969 bits per heavy atom. The number of piperazine rings is 1. The van der Waals surface area contributed by atoms with Gasteiger partial charge in [0.05, 0.1) is 11.3 Å². The number of aromatic amines is 1. The number of benzene rings is 2. The van der Waals surface area contributed by atoms with Crippen LogP contribution < -0.4 is 5.32 Å². The summed E-state index contributed by atoms with van der Waals surface area (Å²) in [6, 6.07) is 20.9. The van der Waals surface area contributed by atoms with E-state index in [2.05, 4.69) is 51.4 Å². The van der Waals surface area contributed by atoms with Crippen LogP contribution in [0.2, 0.25) is 0 Å². The highest BCUT2D eigenvalue weighted by atomic mass is 16.1. The summed E-state index contributed by atoms with van der Waals surface area (Å²) in [6.45, 7) is 5.85. The summed E-state index contributed by atoms with van der Waals surface area (Å²) in [4.78, 5) is 21.5. The lowest BCUT2D eigenvalue weighted by Crippen LogP contribution is -2.46. The monoisotopic (exact) mass is 428 g/mol. The van der Waals surface area contributed by atoms with Crippen molar-refractivity contribution in [3.8, 4) is 22.5 Å². The molecule has 0 bridgehead atoms. The number of carbonyl (C=O) groups excluding carboxylic acids is 1. The van der Waals surface area contributed by atoms with Gasteiger partial charge in [-0.3, -0.25) is 9.69 Å². The number of nitrogens with zero attached hydrogens (tertiary/aromatic N) is 2. The van der Waals surface area contributed by atoms with Crippen LogP contribution in [0.25, 0.3) is 22.5 Å². The van der Waals surface area contributed by atoms with Crippen LogP contribution in [0.4, 0.5) is 0 Å². The average molecular weight is 429 g/mol. The molecule has 2 aliphatic rings. The zero-order chi connectivity index (χ0) is 21.9. The van der Waals surface area contributed by atoms with Crippen molar-refractivity contribution in [2.75, 3.05) is 46.3 Å². The van der Waals surface area contributed by atoms with Crippen LogP contribution in [0.1, 0.15) is 34.7 Å². The fraction of sp³-hybridized carbons (Fsp3) is 0.370. The van der Waals surface area contributed by atoms with Gasteiger partial charge >= 0.3 is 0 Å². The van der Waals surface area contributed by atoms with Gasteiger partial charge in [0.15, 0.2) is 0 Å². The molecule has 5 nitrogen and oxygen atoms in total. The second kappa shape index (κ2) is 9.31. The molecule has 5 heteroatoms. The van der Waals surface area contributed by atoms with Gasteiger partial charge in [0.1, 0.15) is 0 Å². The molecule has 2 fully saturated rings. The van der Waals surface area contributed by atoms with Crippen molar-refractivity contribution in [2.45, 2.75) is 18.8 Å². The zero-order valence-corrected chi connectivity index (χ0v) is 18.8. The molecule has 1 aliphatic heterocycles. The maximum atomic E-state index is 13.2. The molecule has 0 unspecified atom stereocenters. The Bertz CT molecular complexity index is 1050. The Morgan fingerprint density at radius 3 is 2.38 bits per heavy atom. The summed E-state index contributed by atoms with van der Waals surface area (Å²) < 4.78 is 0. The van der Waals surface area contributed by atoms with E-state index in [-0.39, 0.29) is 5.91 Å². The normalized spacial score (nSPS) is 17.4. The second-order valence-electron chi connectivity index (χ2n) is 9.13. The Kier molecular flexibility index (Phi) is 6.10. The Balaban J connectivity index is 1.33.